The zero-order valence-electron chi connectivity index (χ0n) is 13.2. The van der Waals surface area contributed by atoms with Crippen LogP contribution in [0.25, 0.3) is 0 Å². The van der Waals surface area contributed by atoms with Gasteiger partial charge in [-0.15, -0.1) is 0 Å². The van der Waals surface area contributed by atoms with Crippen LogP contribution in [0.15, 0.2) is 0 Å². The molecule has 19 heavy (non-hydrogen) atoms. The van der Waals surface area contributed by atoms with Crippen LogP contribution in [-0.2, 0) is 14.2 Å². The van der Waals surface area contributed by atoms with Gasteiger partial charge in [-0.3, -0.25) is 0 Å². The molecule has 0 amide bonds. The highest BCUT2D eigenvalue weighted by atomic mass is 16.5. The summed E-state index contributed by atoms with van der Waals surface area (Å²) in [5.74, 6) is 1.44. The predicted molar refractivity (Wildman–Crippen MR) is 79.6 cm³/mol. The summed E-state index contributed by atoms with van der Waals surface area (Å²) in [5.41, 5.74) is 0. The van der Waals surface area contributed by atoms with Gasteiger partial charge in [0.15, 0.2) is 0 Å². The van der Waals surface area contributed by atoms with Crippen molar-refractivity contribution in [1.29, 1.82) is 0 Å². The molecule has 0 bridgehead atoms. The van der Waals surface area contributed by atoms with Crippen LogP contribution in [0.4, 0.5) is 0 Å². The molecule has 0 saturated carbocycles. The molecule has 4 nitrogen and oxygen atoms in total. The average molecular weight is 275 g/mol. The van der Waals surface area contributed by atoms with E-state index in [0.29, 0.717) is 32.3 Å². The summed E-state index contributed by atoms with van der Waals surface area (Å²) in [6, 6.07) is 0. The Hall–Kier alpha value is -0.160. The van der Waals surface area contributed by atoms with Crippen molar-refractivity contribution in [3.05, 3.63) is 0 Å². The van der Waals surface area contributed by atoms with Gasteiger partial charge >= 0.3 is 0 Å². The third kappa shape index (κ3) is 14.1. The van der Waals surface area contributed by atoms with Gasteiger partial charge in [0.25, 0.3) is 0 Å². The van der Waals surface area contributed by atoms with Crippen molar-refractivity contribution in [3.63, 3.8) is 0 Å². The average Bonchev–Trinajstić information content (AvgIpc) is 2.39. The van der Waals surface area contributed by atoms with E-state index in [-0.39, 0.29) is 0 Å². The summed E-state index contributed by atoms with van der Waals surface area (Å²) in [4.78, 5) is 0. The lowest BCUT2D eigenvalue weighted by atomic mass is 10.0. The zero-order valence-corrected chi connectivity index (χ0v) is 13.2. The first-order chi connectivity index (χ1) is 9.20. The Morgan fingerprint density at radius 2 is 1.53 bits per heavy atom. The summed E-state index contributed by atoms with van der Waals surface area (Å²) >= 11 is 0. The second-order valence-corrected chi connectivity index (χ2v) is 5.33. The maximum absolute atomic E-state index is 5.58. The van der Waals surface area contributed by atoms with Crippen molar-refractivity contribution in [3.8, 4) is 0 Å². The number of hydrogen-bond acceptors (Lipinski definition) is 4. The Kier molecular flexibility index (Phi) is 14.1. The van der Waals surface area contributed by atoms with Crippen molar-refractivity contribution in [2.24, 2.45) is 11.8 Å². The summed E-state index contributed by atoms with van der Waals surface area (Å²) in [7, 11) is 1.68. The molecule has 1 N–H and O–H groups in total. The van der Waals surface area contributed by atoms with E-state index in [1.165, 1.54) is 6.42 Å². The van der Waals surface area contributed by atoms with Crippen LogP contribution < -0.4 is 5.32 Å². The first-order valence-electron chi connectivity index (χ1n) is 7.55. The van der Waals surface area contributed by atoms with Crippen molar-refractivity contribution in [1.82, 2.24) is 5.32 Å². The first-order valence-corrected chi connectivity index (χ1v) is 7.55. The summed E-state index contributed by atoms with van der Waals surface area (Å²) < 4.78 is 15.8. The molecule has 0 spiro atoms. The fraction of sp³-hybridized carbons (Fsp3) is 1.00. The zero-order chi connectivity index (χ0) is 14.3. The Balaban J connectivity index is 3.31. The molecule has 0 aliphatic heterocycles. The monoisotopic (exact) mass is 275 g/mol. The number of methoxy groups -OCH3 is 1. The van der Waals surface area contributed by atoms with Crippen molar-refractivity contribution in [2.75, 3.05) is 53.2 Å². The Bertz CT molecular complexity index is 177. The quantitative estimate of drug-likeness (QED) is 0.494. The molecule has 0 saturated heterocycles. The summed E-state index contributed by atoms with van der Waals surface area (Å²) in [5, 5.41) is 3.52. The van der Waals surface area contributed by atoms with Gasteiger partial charge < -0.3 is 19.5 Å². The molecule has 1 atom stereocenters. The SMILES string of the molecule is CCC(CCOCCOCCOC)CNCC(C)C. The molecule has 0 aromatic rings. The van der Waals surface area contributed by atoms with Gasteiger partial charge in [-0.2, -0.15) is 0 Å². The fourth-order valence-electron chi connectivity index (χ4n) is 1.74. The molecule has 0 aliphatic carbocycles. The highest BCUT2D eigenvalue weighted by Crippen LogP contribution is 2.07. The van der Waals surface area contributed by atoms with E-state index >= 15 is 0 Å². The molecule has 4 heteroatoms. The standard InChI is InChI=1S/C15H33NO3/c1-5-15(13-16-12-14(2)3)6-7-18-10-11-19-9-8-17-4/h14-16H,5-13H2,1-4H3. The third-order valence-electron chi connectivity index (χ3n) is 3.04. The smallest absolute Gasteiger partial charge is 0.0701 e. The summed E-state index contributed by atoms with van der Waals surface area (Å²) in [6.45, 7) is 12.4. The second-order valence-electron chi connectivity index (χ2n) is 5.33. The molecule has 0 aromatic heterocycles. The topological polar surface area (TPSA) is 39.7 Å². The van der Waals surface area contributed by atoms with Crippen LogP contribution in [0, 0.1) is 11.8 Å². The molecule has 0 heterocycles. The van der Waals surface area contributed by atoms with E-state index in [0.717, 1.165) is 32.0 Å². The van der Waals surface area contributed by atoms with Gasteiger partial charge in [-0.25, -0.2) is 0 Å². The summed E-state index contributed by atoms with van der Waals surface area (Å²) in [6.07, 6.45) is 2.33. The molecule has 0 radical (unpaired) electrons. The van der Waals surface area contributed by atoms with Gasteiger partial charge in [0.05, 0.1) is 26.4 Å². The van der Waals surface area contributed by atoms with Gasteiger partial charge in [0.2, 0.25) is 0 Å². The lowest BCUT2D eigenvalue weighted by Gasteiger charge is -2.16. The lowest BCUT2D eigenvalue weighted by Crippen LogP contribution is -2.27. The number of ether oxygens (including phenoxy) is 3. The van der Waals surface area contributed by atoms with Crippen molar-refractivity contribution < 1.29 is 14.2 Å². The molecular weight excluding hydrogens is 242 g/mol. The highest BCUT2D eigenvalue weighted by molar-refractivity contribution is 4.61. The Morgan fingerprint density at radius 1 is 0.895 bits per heavy atom. The predicted octanol–water partition coefficient (Wildman–Crippen LogP) is 2.33. The minimum absolute atomic E-state index is 0.649. The van der Waals surface area contributed by atoms with E-state index < -0.39 is 0 Å². The van der Waals surface area contributed by atoms with Gasteiger partial charge in [0.1, 0.15) is 0 Å². The normalized spacial score (nSPS) is 13.1. The van der Waals surface area contributed by atoms with Gasteiger partial charge in [-0.05, 0) is 31.3 Å². The number of hydrogen-bond donors (Lipinski definition) is 1. The molecule has 116 valence electrons. The van der Waals surface area contributed by atoms with Crippen molar-refractivity contribution in [2.45, 2.75) is 33.6 Å². The van der Waals surface area contributed by atoms with E-state index in [1.54, 1.807) is 7.11 Å². The maximum atomic E-state index is 5.58. The van der Waals surface area contributed by atoms with Crippen LogP contribution in [-0.4, -0.2) is 53.2 Å². The number of nitrogens with one attached hydrogen (secondary N) is 1. The van der Waals surface area contributed by atoms with Crippen LogP contribution in [0.3, 0.4) is 0 Å². The Labute approximate surface area is 119 Å². The molecule has 0 rings (SSSR count). The van der Waals surface area contributed by atoms with Crippen molar-refractivity contribution >= 4 is 0 Å². The minimum atomic E-state index is 0.649. The van der Waals surface area contributed by atoms with Crippen LogP contribution >= 0.6 is 0 Å². The molecule has 0 aliphatic rings. The molecular formula is C15H33NO3. The Morgan fingerprint density at radius 3 is 2.11 bits per heavy atom. The largest absolute Gasteiger partial charge is 0.382 e. The van der Waals surface area contributed by atoms with E-state index in [1.807, 2.05) is 0 Å². The number of rotatable bonds is 14. The third-order valence-corrected chi connectivity index (χ3v) is 3.04. The molecule has 0 fully saturated rings. The van der Waals surface area contributed by atoms with E-state index in [9.17, 15) is 0 Å². The van der Waals surface area contributed by atoms with Crippen LogP contribution in [0.5, 0.6) is 0 Å². The minimum Gasteiger partial charge on any atom is -0.382 e. The second kappa shape index (κ2) is 14.3. The van der Waals surface area contributed by atoms with Crippen LogP contribution in [0.1, 0.15) is 33.6 Å². The van der Waals surface area contributed by atoms with Crippen LogP contribution in [0.2, 0.25) is 0 Å². The highest BCUT2D eigenvalue weighted by Gasteiger charge is 2.06. The van der Waals surface area contributed by atoms with E-state index in [2.05, 4.69) is 26.1 Å². The van der Waals surface area contributed by atoms with Gasteiger partial charge in [0, 0.05) is 13.7 Å². The van der Waals surface area contributed by atoms with E-state index in [4.69, 9.17) is 14.2 Å². The first kappa shape index (κ1) is 18.8. The molecule has 1 unspecified atom stereocenters. The molecule has 0 aromatic carbocycles. The maximum Gasteiger partial charge on any atom is 0.0701 e. The van der Waals surface area contributed by atoms with Gasteiger partial charge in [-0.1, -0.05) is 27.2 Å². The lowest BCUT2D eigenvalue weighted by molar-refractivity contribution is 0.0217. The fourth-order valence-corrected chi connectivity index (χ4v) is 1.74.